The van der Waals surface area contributed by atoms with Gasteiger partial charge in [-0.25, -0.2) is 4.98 Å². The number of benzene rings is 1. The molecule has 1 aliphatic rings. The number of nitrogens with two attached hydrogens (primary N) is 1. The highest BCUT2D eigenvalue weighted by Crippen LogP contribution is 2.43. The molecule has 8 nitrogen and oxygen atoms in total. The van der Waals surface area contributed by atoms with E-state index in [1.165, 1.54) is 36.7 Å². The normalized spacial score (nSPS) is 16.1. The van der Waals surface area contributed by atoms with Gasteiger partial charge in [0, 0.05) is 49.4 Å². The van der Waals surface area contributed by atoms with Crippen LogP contribution in [0.4, 0.5) is 13.2 Å². The second-order valence-electron chi connectivity index (χ2n) is 9.06. The maximum atomic E-state index is 14.0. The van der Waals surface area contributed by atoms with Crippen molar-refractivity contribution in [1.29, 1.82) is 0 Å². The third-order valence-electron chi connectivity index (χ3n) is 6.35. The Balaban J connectivity index is 1.49. The third kappa shape index (κ3) is 5.48. The predicted molar refractivity (Wildman–Crippen MR) is 139 cm³/mol. The van der Waals surface area contributed by atoms with Crippen molar-refractivity contribution >= 4 is 39.9 Å². The van der Waals surface area contributed by atoms with Gasteiger partial charge in [-0.2, -0.15) is 13.2 Å². The number of fused-ring (bicyclic) bond motifs is 1. The molecule has 1 unspecified atom stereocenters. The van der Waals surface area contributed by atoms with Crippen molar-refractivity contribution in [3.05, 3.63) is 70.1 Å². The number of carbonyl (C=O) groups excluding carboxylic acids is 1. The lowest BCUT2D eigenvalue weighted by Gasteiger charge is -2.32. The number of thiophene rings is 1. The molecule has 4 aromatic rings. The molecule has 1 aromatic carbocycles. The highest BCUT2D eigenvalue weighted by molar-refractivity contribution is 7.16. The monoisotopic (exact) mass is 564 g/mol. The van der Waals surface area contributed by atoms with E-state index in [9.17, 15) is 18.0 Å². The van der Waals surface area contributed by atoms with E-state index in [0.717, 1.165) is 43.2 Å². The number of halogens is 4. The van der Waals surface area contributed by atoms with Gasteiger partial charge in [-0.1, -0.05) is 29.8 Å². The lowest BCUT2D eigenvalue weighted by molar-refractivity contribution is -0.197. The summed E-state index contributed by atoms with van der Waals surface area (Å²) in [6.45, 7) is 4.46. The maximum absolute atomic E-state index is 14.0. The van der Waals surface area contributed by atoms with E-state index in [-0.39, 0.29) is 21.2 Å². The number of primary amides is 1. The van der Waals surface area contributed by atoms with E-state index in [1.54, 1.807) is 10.8 Å². The van der Waals surface area contributed by atoms with Crippen molar-refractivity contribution in [2.45, 2.75) is 18.8 Å². The molecule has 13 heteroatoms. The number of carbonyl (C=O) groups is 1. The maximum Gasteiger partial charge on any atom is 0.429 e. The lowest BCUT2D eigenvalue weighted by Crippen LogP contribution is -2.44. The van der Waals surface area contributed by atoms with Gasteiger partial charge >= 0.3 is 6.18 Å². The SMILES string of the molecule is CN1CCN(Cc2cc3c(cn2)ncn3-c2cc(OC(c3ccccc3Cl)C(F)(F)F)c(C(N)=O)s2)CC1. The number of piperazine rings is 1. The minimum atomic E-state index is -4.80. The fraction of sp³-hybridized carbons (Fsp3) is 0.320. The zero-order valence-corrected chi connectivity index (χ0v) is 21.9. The van der Waals surface area contributed by atoms with Crippen LogP contribution in [0.3, 0.4) is 0 Å². The molecule has 0 aliphatic carbocycles. The number of rotatable bonds is 7. The fourth-order valence-electron chi connectivity index (χ4n) is 4.31. The second kappa shape index (κ2) is 10.5. The number of imidazole rings is 1. The minimum Gasteiger partial charge on any atom is -0.474 e. The predicted octanol–water partition coefficient (Wildman–Crippen LogP) is 4.66. The van der Waals surface area contributed by atoms with E-state index in [4.69, 9.17) is 22.1 Å². The fourth-order valence-corrected chi connectivity index (χ4v) is 5.47. The van der Waals surface area contributed by atoms with E-state index in [2.05, 4.69) is 26.8 Å². The topological polar surface area (TPSA) is 89.5 Å². The zero-order valence-electron chi connectivity index (χ0n) is 20.3. The summed E-state index contributed by atoms with van der Waals surface area (Å²) in [5, 5.41) is 0.319. The number of likely N-dealkylation sites (N-methyl/N-ethyl adjacent to an activating group) is 1. The van der Waals surface area contributed by atoms with Crippen LogP contribution in [0.25, 0.3) is 16.0 Å². The van der Waals surface area contributed by atoms with Gasteiger partial charge < -0.3 is 15.4 Å². The van der Waals surface area contributed by atoms with Crippen LogP contribution in [-0.4, -0.2) is 69.6 Å². The number of alkyl halides is 3. The number of hydrogen-bond acceptors (Lipinski definition) is 7. The number of ether oxygens (including phenoxy) is 1. The Labute approximate surface area is 225 Å². The van der Waals surface area contributed by atoms with Crippen molar-refractivity contribution in [1.82, 2.24) is 24.3 Å². The van der Waals surface area contributed by atoms with Gasteiger partial charge in [-0.05, 0) is 19.2 Å². The molecule has 1 amide bonds. The molecule has 2 N–H and O–H groups in total. The highest BCUT2D eigenvalue weighted by atomic mass is 35.5. The Bertz CT molecular complexity index is 1470. The summed E-state index contributed by atoms with van der Waals surface area (Å²) >= 11 is 6.96. The van der Waals surface area contributed by atoms with Crippen LogP contribution in [0.5, 0.6) is 5.75 Å². The molecule has 0 radical (unpaired) electrons. The molecule has 1 fully saturated rings. The molecule has 3 aromatic heterocycles. The number of amides is 1. The van der Waals surface area contributed by atoms with Crippen LogP contribution in [0.2, 0.25) is 5.02 Å². The Morgan fingerprint density at radius 2 is 1.92 bits per heavy atom. The van der Waals surface area contributed by atoms with Crippen LogP contribution >= 0.6 is 22.9 Å². The van der Waals surface area contributed by atoms with Gasteiger partial charge in [-0.3, -0.25) is 19.2 Å². The van der Waals surface area contributed by atoms with Crippen LogP contribution in [-0.2, 0) is 6.54 Å². The summed E-state index contributed by atoms with van der Waals surface area (Å²) in [4.78, 5) is 25.5. The molecule has 200 valence electrons. The van der Waals surface area contributed by atoms with Gasteiger partial charge in [0.15, 0.2) is 0 Å². The summed E-state index contributed by atoms with van der Waals surface area (Å²) in [5.41, 5.74) is 7.40. The molecule has 0 spiro atoms. The Hall–Kier alpha value is -3.19. The average Bonchev–Trinajstić information content (AvgIpc) is 3.48. The summed E-state index contributed by atoms with van der Waals surface area (Å²) in [5.74, 6) is -1.19. The number of pyridine rings is 1. The Kier molecular flexibility index (Phi) is 7.32. The summed E-state index contributed by atoms with van der Waals surface area (Å²) in [6.07, 6.45) is -4.00. The largest absolute Gasteiger partial charge is 0.474 e. The zero-order chi connectivity index (χ0) is 27.0. The summed E-state index contributed by atoms with van der Waals surface area (Å²) in [7, 11) is 2.09. The Morgan fingerprint density at radius 1 is 1.18 bits per heavy atom. The van der Waals surface area contributed by atoms with Crippen LogP contribution in [0.15, 0.2) is 48.9 Å². The molecule has 0 saturated carbocycles. The average molecular weight is 565 g/mol. The number of hydrogen-bond donors (Lipinski definition) is 1. The highest BCUT2D eigenvalue weighted by Gasteiger charge is 2.44. The molecule has 38 heavy (non-hydrogen) atoms. The molecular formula is C25H24ClF3N6O2S. The van der Waals surface area contributed by atoms with Crippen LogP contribution < -0.4 is 10.5 Å². The van der Waals surface area contributed by atoms with Gasteiger partial charge in [0.05, 0.1) is 17.4 Å². The van der Waals surface area contributed by atoms with Gasteiger partial charge in [0.25, 0.3) is 5.91 Å². The molecule has 1 saturated heterocycles. The number of nitrogens with zero attached hydrogens (tertiary/aromatic N) is 5. The van der Waals surface area contributed by atoms with Crippen molar-refractivity contribution < 1.29 is 22.7 Å². The Morgan fingerprint density at radius 3 is 2.61 bits per heavy atom. The van der Waals surface area contributed by atoms with Gasteiger partial charge in [0.2, 0.25) is 6.10 Å². The third-order valence-corrected chi connectivity index (χ3v) is 7.82. The quantitative estimate of drug-likeness (QED) is 0.351. The van der Waals surface area contributed by atoms with E-state index in [1.807, 2.05) is 6.07 Å². The summed E-state index contributed by atoms with van der Waals surface area (Å²) < 4.78 is 49.2. The first kappa shape index (κ1) is 26.4. The molecule has 1 aliphatic heterocycles. The standard InChI is InChI=1S/C25H24ClF3N6O2S/c1-33-6-8-34(9-7-33)13-15-10-19-18(12-31-15)32-14-35(19)21-11-20(22(38-21)24(30)36)37-23(25(27,28)29)16-4-2-3-5-17(16)26/h2-5,10-12,14,23H,6-9,13H2,1H3,(H2,30,36). The second-order valence-corrected chi connectivity index (χ2v) is 10.5. The molecular weight excluding hydrogens is 541 g/mol. The van der Waals surface area contributed by atoms with Gasteiger partial charge in [0.1, 0.15) is 27.5 Å². The van der Waals surface area contributed by atoms with Crippen molar-refractivity contribution in [3.63, 3.8) is 0 Å². The first-order valence-electron chi connectivity index (χ1n) is 11.7. The van der Waals surface area contributed by atoms with E-state index in [0.29, 0.717) is 22.6 Å². The first-order chi connectivity index (χ1) is 18.1. The minimum absolute atomic E-state index is 0.105. The van der Waals surface area contributed by atoms with Crippen molar-refractivity contribution in [2.75, 3.05) is 33.2 Å². The molecule has 5 rings (SSSR count). The van der Waals surface area contributed by atoms with Gasteiger partial charge in [-0.15, -0.1) is 11.3 Å². The smallest absolute Gasteiger partial charge is 0.429 e. The summed E-state index contributed by atoms with van der Waals surface area (Å²) in [6, 6.07) is 8.79. The van der Waals surface area contributed by atoms with Crippen LogP contribution in [0, 0.1) is 0 Å². The molecule has 0 bridgehead atoms. The van der Waals surface area contributed by atoms with Crippen molar-refractivity contribution in [2.24, 2.45) is 5.73 Å². The molecule has 4 heterocycles. The van der Waals surface area contributed by atoms with E-state index < -0.39 is 18.2 Å². The van der Waals surface area contributed by atoms with Crippen LogP contribution in [0.1, 0.15) is 27.0 Å². The van der Waals surface area contributed by atoms with Crippen molar-refractivity contribution in [3.8, 4) is 10.8 Å². The number of aromatic nitrogens is 3. The van der Waals surface area contributed by atoms with E-state index >= 15 is 0 Å². The lowest BCUT2D eigenvalue weighted by atomic mass is 10.1. The molecule has 1 atom stereocenters. The first-order valence-corrected chi connectivity index (χ1v) is 12.9.